The number of aliphatic hydroxyl groups is 1. The molecule has 0 radical (unpaired) electrons. The highest BCUT2D eigenvalue weighted by atomic mass is 32.1. The first kappa shape index (κ1) is 25.8. The smallest absolute Gasteiger partial charge is 0.246 e. The van der Waals surface area contributed by atoms with Crippen LogP contribution in [0, 0.1) is 12.8 Å². The number of ether oxygens (including phenoxy) is 1. The SMILES string of the molecule is COCC(=O)NC(C(=O)N1CC(O)CC1C(=O)NCc1ccc(-c2scnc2C)cc1)C(C)C. The molecule has 9 nitrogen and oxygen atoms in total. The number of aryl methyl sites for hydroxylation is 1. The Labute approximate surface area is 203 Å². The second kappa shape index (κ2) is 11.5. The van der Waals surface area contributed by atoms with E-state index in [2.05, 4.69) is 15.6 Å². The molecule has 1 aromatic carbocycles. The summed E-state index contributed by atoms with van der Waals surface area (Å²) in [6.45, 7) is 5.78. The van der Waals surface area contributed by atoms with Gasteiger partial charge in [0.1, 0.15) is 18.7 Å². The number of rotatable bonds is 9. The number of carbonyl (C=O) groups is 3. The van der Waals surface area contributed by atoms with E-state index in [0.717, 1.165) is 21.7 Å². The van der Waals surface area contributed by atoms with Crippen LogP contribution in [-0.2, 0) is 25.7 Å². The van der Waals surface area contributed by atoms with Crippen molar-refractivity contribution in [1.82, 2.24) is 20.5 Å². The zero-order valence-electron chi connectivity index (χ0n) is 19.9. The Balaban J connectivity index is 1.64. The topological polar surface area (TPSA) is 121 Å². The Kier molecular flexibility index (Phi) is 8.76. The average Bonchev–Trinajstić information content (AvgIpc) is 3.41. The van der Waals surface area contributed by atoms with Crippen molar-refractivity contribution in [2.45, 2.75) is 51.9 Å². The maximum Gasteiger partial charge on any atom is 0.246 e. The molecule has 0 bridgehead atoms. The Morgan fingerprint density at radius 1 is 1.26 bits per heavy atom. The van der Waals surface area contributed by atoms with Crippen LogP contribution < -0.4 is 10.6 Å². The van der Waals surface area contributed by atoms with Crippen molar-refractivity contribution < 1.29 is 24.2 Å². The van der Waals surface area contributed by atoms with E-state index < -0.39 is 24.1 Å². The maximum atomic E-state index is 13.2. The van der Waals surface area contributed by atoms with Gasteiger partial charge in [-0.1, -0.05) is 38.1 Å². The lowest BCUT2D eigenvalue weighted by Crippen LogP contribution is -2.55. The van der Waals surface area contributed by atoms with Crippen LogP contribution in [-0.4, -0.2) is 71.2 Å². The summed E-state index contributed by atoms with van der Waals surface area (Å²) in [5.41, 5.74) is 4.78. The number of aromatic nitrogens is 1. The standard InChI is InChI=1S/C24H32N4O5S/c1-14(2)21(27-20(30)12-33-4)24(32)28-11-18(29)9-19(28)23(31)25-10-16-5-7-17(8-6-16)22-15(3)26-13-34-22/h5-8,13-14,18-19,21,29H,9-12H2,1-4H3,(H,25,31)(H,27,30). The van der Waals surface area contributed by atoms with Gasteiger partial charge in [-0.2, -0.15) is 0 Å². The number of carbonyl (C=O) groups excluding carboxylic acids is 3. The maximum absolute atomic E-state index is 13.2. The summed E-state index contributed by atoms with van der Waals surface area (Å²) in [6.07, 6.45) is -0.651. The summed E-state index contributed by atoms with van der Waals surface area (Å²) in [6, 6.07) is 6.26. The fraction of sp³-hybridized carbons (Fsp3) is 0.500. The number of likely N-dealkylation sites (tertiary alicyclic amines) is 1. The zero-order chi connectivity index (χ0) is 24.8. The average molecular weight is 489 g/mol. The van der Waals surface area contributed by atoms with Crippen molar-refractivity contribution in [2.75, 3.05) is 20.3 Å². The predicted octanol–water partition coefficient (Wildman–Crippen LogP) is 1.48. The van der Waals surface area contributed by atoms with E-state index in [1.54, 1.807) is 11.3 Å². The fourth-order valence-electron chi connectivity index (χ4n) is 4.00. The van der Waals surface area contributed by atoms with Gasteiger partial charge in [0, 0.05) is 26.6 Å². The molecule has 0 aliphatic carbocycles. The summed E-state index contributed by atoms with van der Waals surface area (Å²) in [5.74, 6) is -1.33. The molecule has 184 valence electrons. The van der Waals surface area contributed by atoms with Crippen molar-refractivity contribution >= 4 is 29.1 Å². The molecular weight excluding hydrogens is 456 g/mol. The summed E-state index contributed by atoms with van der Waals surface area (Å²) >= 11 is 1.58. The second-order valence-electron chi connectivity index (χ2n) is 8.80. The van der Waals surface area contributed by atoms with Gasteiger partial charge in [-0.15, -0.1) is 11.3 Å². The molecule has 1 saturated heterocycles. The molecule has 1 aliphatic rings. The predicted molar refractivity (Wildman–Crippen MR) is 129 cm³/mol. The molecule has 1 aliphatic heterocycles. The first-order chi connectivity index (χ1) is 16.2. The van der Waals surface area contributed by atoms with Crippen LogP contribution in [0.15, 0.2) is 29.8 Å². The summed E-state index contributed by atoms with van der Waals surface area (Å²) < 4.78 is 4.83. The first-order valence-electron chi connectivity index (χ1n) is 11.2. The van der Waals surface area contributed by atoms with Gasteiger partial charge < -0.3 is 25.4 Å². The van der Waals surface area contributed by atoms with E-state index in [1.165, 1.54) is 12.0 Å². The third kappa shape index (κ3) is 6.19. The lowest BCUT2D eigenvalue weighted by molar-refractivity contribution is -0.143. The summed E-state index contributed by atoms with van der Waals surface area (Å²) in [4.78, 5) is 44.9. The van der Waals surface area contributed by atoms with Gasteiger partial charge >= 0.3 is 0 Å². The number of methoxy groups -OCH3 is 1. The highest BCUT2D eigenvalue weighted by molar-refractivity contribution is 7.13. The molecule has 3 N–H and O–H groups in total. The molecule has 3 atom stereocenters. The fourth-order valence-corrected chi connectivity index (χ4v) is 4.82. The minimum Gasteiger partial charge on any atom is -0.391 e. The molecule has 10 heteroatoms. The highest BCUT2D eigenvalue weighted by Gasteiger charge is 2.42. The number of thiazole rings is 1. The zero-order valence-corrected chi connectivity index (χ0v) is 20.7. The first-order valence-corrected chi connectivity index (χ1v) is 12.1. The van der Waals surface area contributed by atoms with E-state index in [9.17, 15) is 19.5 Å². The Bertz CT molecular complexity index is 1010. The van der Waals surface area contributed by atoms with Crippen LogP contribution in [0.5, 0.6) is 0 Å². The van der Waals surface area contributed by atoms with E-state index in [-0.39, 0.29) is 37.3 Å². The van der Waals surface area contributed by atoms with Crippen molar-refractivity contribution in [3.8, 4) is 10.4 Å². The van der Waals surface area contributed by atoms with Gasteiger partial charge in [-0.3, -0.25) is 14.4 Å². The number of β-amino-alcohol motifs (C(OH)–C–C–N with tert-alkyl or cyclic N) is 1. The van der Waals surface area contributed by atoms with Crippen molar-refractivity contribution in [1.29, 1.82) is 0 Å². The van der Waals surface area contributed by atoms with E-state index >= 15 is 0 Å². The largest absolute Gasteiger partial charge is 0.391 e. The summed E-state index contributed by atoms with van der Waals surface area (Å²) in [7, 11) is 1.40. The molecule has 2 heterocycles. The van der Waals surface area contributed by atoms with Gasteiger partial charge in [0.2, 0.25) is 17.7 Å². The number of benzene rings is 1. The molecule has 0 saturated carbocycles. The van der Waals surface area contributed by atoms with Crippen LogP contribution in [0.3, 0.4) is 0 Å². The third-order valence-corrected chi connectivity index (χ3v) is 6.80. The molecule has 3 unspecified atom stereocenters. The van der Waals surface area contributed by atoms with Gasteiger partial charge in [-0.25, -0.2) is 4.98 Å². The minimum atomic E-state index is -0.814. The van der Waals surface area contributed by atoms with Crippen LogP contribution in [0.1, 0.15) is 31.5 Å². The highest BCUT2D eigenvalue weighted by Crippen LogP contribution is 2.27. The molecular formula is C24H32N4O5S. The lowest BCUT2D eigenvalue weighted by Gasteiger charge is -2.30. The normalized spacial score (nSPS) is 18.7. The van der Waals surface area contributed by atoms with Crippen molar-refractivity contribution in [2.24, 2.45) is 5.92 Å². The summed E-state index contributed by atoms with van der Waals surface area (Å²) in [5, 5.41) is 15.8. The molecule has 34 heavy (non-hydrogen) atoms. The van der Waals surface area contributed by atoms with Gasteiger partial charge in [-0.05, 0) is 24.0 Å². The number of nitrogens with one attached hydrogen (secondary N) is 2. The van der Waals surface area contributed by atoms with Crippen LogP contribution >= 0.6 is 11.3 Å². The van der Waals surface area contributed by atoms with E-state index in [4.69, 9.17) is 4.74 Å². The Hall–Kier alpha value is -2.82. The molecule has 3 amide bonds. The van der Waals surface area contributed by atoms with Crippen LogP contribution in [0.4, 0.5) is 0 Å². The molecule has 1 fully saturated rings. The number of hydrogen-bond donors (Lipinski definition) is 3. The minimum absolute atomic E-state index is 0.0448. The second-order valence-corrected chi connectivity index (χ2v) is 9.65. The molecule has 1 aromatic heterocycles. The van der Waals surface area contributed by atoms with Gasteiger partial charge in [0.25, 0.3) is 0 Å². The van der Waals surface area contributed by atoms with Gasteiger partial charge in [0.15, 0.2) is 0 Å². The molecule has 3 rings (SSSR count). The van der Waals surface area contributed by atoms with E-state index in [1.807, 2.05) is 50.5 Å². The van der Waals surface area contributed by atoms with Gasteiger partial charge in [0.05, 0.1) is 22.2 Å². The van der Waals surface area contributed by atoms with E-state index in [0.29, 0.717) is 6.54 Å². The van der Waals surface area contributed by atoms with Crippen molar-refractivity contribution in [3.63, 3.8) is 0 Å². The number of hydrogen-bond acceptors (Lipinski definition) is 7. The Morgan fingerprint density at radius 2 is 1.97 bits per heavy atom. The number of nitrogens with zero attached hydrogens (tertiary/aromatic N) is 2. The number of aliphatic hydroxyl groups excluding tert-OH is 1. The van der Waals surface area contributed by atoms with Crippen LogP contribution in [0.25, 0.3) is 10.4 Å². The number of amides is 3. The quantitative estimate of drug-likeness (QED) is 0.492. The molecule has 0 spiro atoms. The third-order valence-electron chi connectivity index (χ3n) is 5.82. The monoisotopic (exact) mass is 488 g/mol. The van der Waals surface area contributed by atoms with Crippen LogP contribution in [0.2, 0.25) is 0 Å². The molecule has 2 aromatic rings. The lowest BCUT2D eigenvalue weighted by atomic mass is 10.0. The Morgan fingerprint density at radius 3 is 2.56 bits per heavy atom. The van der Waals surface area contributed by atoms with Crippen molar-refractivity contribution in [3.05, 3.63) is 41.0 Å².